The van der Waals surface area contributed by atoms with Crippen molar-refractivity contribution in [3.8, 4) is 0 Å². The Labute approximate surface area is 201 Å². The molecular formula is C28H32N4O2. The molecule has 0 aromatic heterocycles. The van der Waals surface area contributed by atoms with Crippen LogP contribution in [0.4, 0.5) is 16.2 Å². The third-order valence-electron chi connectivity index (χ3n) is 6.03. The van der Waals surface area contributed by atoms with Gasteiger partial charge < -0.3 is 20.9 Å². The summed E-state index contributed by atoms with van der Waals surface area (Å²) in [5.41, 5.74) is 4.32. The molecule has 0 unspecified atom stereocenters. The van der Waals surface area contributed by atoms with Crippen LogP contribution < -0.4 is 20.9 Å². The molecule has 0 aliphatic carbocycles. The van der Waals surface area contributed by atoms with Crippen molar-refractivity contribution < 1.29 is 9.59 Å². The highest BCUT2D eigenvalue weighted by atomic mass is 16.2. The van der Waals surface area contributed by atoms with E-state index in [0.29, 0.717) is 24.3 Å². The molecule has 3 aromatic carbocycles. The predicted molar refractivity (Wildman–Crippen MR) is 137 cm³/mol. The lowest BCUT2D eigenvalue weighted by Crippen LogP contribution is -2.33. The summed E-state index contributed by atoms with van der Waals surface area (Å²) in [6.45, 7) is 2.87. The maximum atomic E-state index is 13.2. The average molecular weight is 457 g/mol. The van der Waals surface area contributed by atoms with E-state index in [4.69, 9.17) is 0 Å². The molecule has 6 heteroatoms. The molecule has 1 aliphatic heterocycles. The summed E-state index contributed by atoms with van der Waals surface area (Å²) < 4.78 is 0. The van der Waals surface area contributed by atoms with Crippen LogP contribution in [0.2, 0.25) is 0 Å². The Balaban J connectivity index is 1.43. The zero-order chi connectivity index (χ0) is 23.6. The molecule has 0 radical (unpaired) electrons. The first-order valence-electron chi connectivity index (χ1n) is 12.0. The van der Waals surface area contributed by atoms with Crippen molar-refractivity contribution in [3.63, 3.8) is 0 Å². The van der Waals surface area contributed by atoms with Gasteiger partial charge in [-0.1, -0.05) is 60.7 Å². The molecular weight excluding hydrogens is 424 g/mol. The Morgan fingerprint density at radius 1 is 0.765 bits per heavy atom. The lowest BCUT2D eigenvalue weighted by Gasteiger charge is -2.30. The van der Waals surface area contributed by atoms with Gasteiger partial charge in [-0.3, -0.25) is 4.79 Å². The molecule has 3 aromatic rings. The summed E-state index contributed by atoms with van der Waals surface area (Å²) in [6, 6.07) is 25.2. The van der Waals surface area contributed by atoms with E-state index in [2.05, 4.69) is 33.0 Å². The van der Waals surface area contributed by atoms with Gasteiger partial charge in [0.1, 0.15) is 0 Å². The number of carbonyl (C=O) groups excluding carboxylic acids is 2. The van der Waals surface area contributed by atoms with Crippen molar-refractivity contribution in [1.82, 2.24) is 10.6 Å². The second-order valence-electron chi connectivity index (χ2n) is 8.56. The molecule has 1 aliphatic rings. The molecule has 0 spiro atoms. The van der Waals surface area contributed by atoms with E-state index in [1.54, 1.807) is 6.07 Å². The number of rotatable bonds is 8. The van der Waals surface area contributed by atoms with E-state index in [1.807, 2.05) is 60.7 Å². The quantitative estimate of drug-likeness (QED) is 0.448. The van der Waals surface area contributed by atoms with Gasteiger partial charge in [-0.15, -0.1) is 0 Å². The number of anilines is 2. The SMILES string of the molecule is O=C(NCc1ccccc1)Nc1ccc(N2CCCCC2)c(C(=O)NCCc2ccccc2)c1. The van der Waals surface area contributed by atoms with Gasteiger partial charge in [-0.25, -0.2) is 4.79 Å². The van der Waals surface area contributed by atoms with Crippen LogP contribution in [0.5, 0.6) is 0 Å². The van der Waals surface area contributed by atoms with E-state index >= 15 is 0 Å². The topological polar surface area (TPSA) is 73.5 Å². The highest BCUT2D eigenvalue weighted by Crippen LogP contribution is 2.27. The molecule has 4 rings (SSSR count). The Morgan fingerprint density at radius 2 is 1.44 bits per heavy atom. The van der Waals surface area contributed by atoms with Crippen molar-refractivity contribution in [2.45, 2.75) is 32.2 Å². The smallest absolute Gasteiger partial charge is 0.319 e. The molecule has 0 atom stereocenters. The lowest BCUT2D eigenvalue weighted by atomic mass is 10.1. The third-order valence-corrected chi connectivity index (χ3v) is 6.03. The molecule has 3 N–H and O–H groups in total. The van der Waals surface area contributed by atoms with Crippen LogP contribution >= 0.6 is 0 Å². The average Bonchev–Trinajstić information content (AvgIpc) is 2.89. The van der Waals surface area contributed by atoms with Crippen LogP contribution in [0.3, 0.4) is 0 Å². The Hall–Kier alpha value is -3.80. The van der Waals surface area contributed by atoms with E-state index in [1.165, 1.54) is 12.0 Å². The van der Waals surface area contributed by atoms with Crippen LogP contribution in [0, 0.1) is 0 Å². The Bertz CT molecular complexity index is 1080. The second-order valence-corrected chi connectivity index (χ2v) is 8.56. The summed E-state index contributed by atoms with van der Waals surface area (Å²) in [5.74, 6) is -0.121. The lowest BCUT2D eigenvalue weighted by molar-refractivity contribution is 0.0954. The summed E-state index contributed by atoms with van der Waals surface area (Å²) in [6.07, 6.45) is 4.23. The molecule has 34 heavy (non-hydrogen) atoms. The van der Waals surface area contributed by atoms with E-state index in [-0.39, 0.29) is 11.9 Å². The maximum absolute atomic E-state index is 13.2. The third kappa shape index (κ3) is 6.61. The first kappa shape index (κ1) is 23.4. The van der Waals surface area contributed by atoms with Gasteiger partial charge in [0.05, 0.1) is 5.56 Å². The van der Waals surface area contributed by atoms with Gasteiger partial charge in [0.25, 0.3) is 5.91 Å². The fourth-order valence-electron chi connectivity index (χ4n) is 4.22. The number of amides is 3. The van der Waals surface area contributed by atoms with Gasteiger partial charge in [-0.2, -0.15) is 0 Å². The molecule has 1 heterocycles. The van der Waals surface area contributed by atoms with Crippen LogP contribution in [-0.4, -0.2) is 31.6 Å². The van der Waals surface area contributed by atoms with Gasteiger partial charge in [0.2, 0.25) is 0 Å². The molecule has 3 amide bonds. The van der Waals surface area contributed by atoms with Crippen LogP contribution in [0.25, 0.3) is 0 Å². The minimum Gasteiger partial charge on any atom is -0.371 e. The predicted octanol–water partition coefficient (Wildman–Crippen LogP) is 4.97. The van der Waals surface area contributed by atoms with Gasteiger partial charge in [0.15, 0.2) is 0 Å². The summed E-state index contributed by atoms with van der Waals surface area (Å²) in [4.78, 5) is 27.9. The maximum Gasteiger partial charge on any atom is 0.319 e. The van der Waals surface area contributed by atoms with E-state index in [0.717, 1.165) is 43.6 Å². The number of hydrogen-bond donors (Lipinski definition) is 3. The summed E-state index contributed by atoms with van der Waals surface area (Å²) >= 11 is 0. The minimum absolute atomic E-state index is 0.121. The molecule has 6 nitrogen and oxygen atoms in total. The zero-order valence-corrected chi connectivity index (χ0v) is 19.4. The standard InChI is InChI=1S/C28H32N4O2/c33-27(29-17-16-22-10-4-1-5-11-22)25-20-24(14-15-26(25)32-18-8-3-9-19-32)31-28(34)30-21-23-12-6-2-7-13-23/h1-2,4-7,10-15,20H,3,8-9,16-19,21H2,(H,29,33)(H2,30,31,34). The van der Waals surface area contributed by atoms with E-state index < -0.39 is 0 Å². The monoisotopic (exact) mass is 456 g/mol. The highest BCUT2D eigenvalue weighted by molar-refractivity contribution is 6.02. The molecule has 0 saturated carbocycles. The summed E-state index contributed by atoms with van der Waals surface area (Å²) in [7, 11) is 0. The normalized spacial score (nSPS) is 13.2. The number of benzene rings is 3. The van der Waals surface area contributed by atoms with Crippen LogP contribution in [0.15, 0.2) is 78.9 Å². The van der Waals surface area contributed by atoms with Crippen molar-refractivity contribution in [2.24, 2.45) is 0 Å². The van der Waals surface area contributed by atoms with Gasteiger partial charge in [0, 0.05) is 37.6 Å². The zero-order valence-electron chi connectivity index (χ0n) is 19.4. The first-order chi connectivity index (χ1) is 16.7. The number of hydrogen-bond acceptors (Lipinski definition) is 3. The van der Waals surface area contributed by atoms with Crippen LogP contribution in [-0.2, 0) is 13.0 Å². The summed E-state index contributed by atoms with van der Waals surface area (Å²) in [5, 5.41) is 8.80. The second kappa shape index (κ2) is 11.9. The number of carbonyl (C=O) groups is 2. The fraction of sp³-hybridized carbons (Fsp3) is 0.286. The molecule has 1 fully saturated rings. The van der Waals surface area contributed by atoms with Crippen molar-refractivity contribution in [1.29, 1.82) is 0 Å². The van der Waals surface area contributed by atoms with Crippen LogP contribution in [0.1, 0.15) is 40.7 Å². The molecule has 176 valence electrons. The Morgan fingerprint density at radius 3 is 2.15 bits per heavy atom. The fourth-order valence-corrected chi connectivity index (χ4v) is 4.22. The molecule has 1 saturated heterocycles. The van der Waals surface area contributed by atoms with E-state index in [9.17, 15) is 9.59 Å². The first-order valence-corrected chi connectivity index (χ1v) is 12.0. The van der Waals surface area contributed by atoms with Crippen molar-refractivity contribution in [2.75, 3.05) is 29.9 Å². The molecule has 0 bridgehead atoms. The van der Waals surface area contributed by atoms with Crippen molar-refractivity contribution >= 4 is 23.3 Å². The number of nitrogens with zero attached hydrogens (tertiary/aromatic N) is 1. The highest BCUT2D eigenvalue weighted by Gasteiger charge is 2.19. The largest absolute Gasteiger partial charge is 0.371 e. The van der Waals surface area contributed by atoms with Crippen molar-refractivity contribution in [3.05, 3.63) is 95.6 Å². The number of piperidine rings is 1. The van der Waals surface area contributed by atoms with Gasteiger partial charge in [-0.05, 0) is 55.0 Å². The number of urea groups is 1. The minimum atomic E-state index is -0.301. The van der Waals surface area contributed by atoms with Gasteiger partial charge >= 0.3 is 6.03 Å². The Kier molecular flexibility index (Phi) is 8.17. The number of nitrogens with one attached hydrogen (secondary N) is 3.